The van der Waals surface area contributed by atoms with E-state index < -0.39 is 27.6 Å². The summed E-state index contributed by atoms with van der Waals surface area (Å²) < 4.78 is 48.4. The molecule has 6 nitrogen and oxygen atoms in total. The molecule has 0 aliphatic heterocycles. The number of Topliss-reactive ketones (excluding diaryl/α,β-unsaturated/α-hetero) is 1. The van der Waals surface area contributed by atoms with Crippen LogP contribution >= 0.6 is 11.6 Å². The summed E-state index contributed by atoms with van der Waals surface area (Å²) in [5.41, 5.74) is 1.48. The summed E-state index contributed by atoms with van der Waals surface area (Å²) >= 11 is 6.07. The maximum atomic E-state index is 14.7. The maximum Gasteiger partial charge on any atom is 0.269 e. The van der Waals surface area contributed by atoms with E-state index in [2.05, 4.69) is 0 Å². The molecule has 0 saturated heterocycles. The Morgan fingerprint density at radius 3 is 2.50 bits per heavy atom. The first-order chi connectivity index (χ1) is 15.0. The molecular formula is C23H21ClFNO5S. The molecule has 0 aliphatic carbocycles. The van der Waals surface area contributed by atoms with Gasteiger partial charge in [0.05, 0.1) is 0 Å². The number of pyridine rings is 1. The molecule has 0 fully saturated rings. The number of aryl methyl sites for hydroxylation is 2. The van der Waals surface area contributed by atoms with Gasteiger partial charge in [-0.25, -0.2) is 4.39 Å². The molecular weight excluding hydrogens is 457 g/mol. The van der Waals surface area contributed by atoms with Crippen molar-refractivity contribution in [3.8, 4) is 0 Å². The number of rotatable bonds is 7. The van der Waals surface area contributed by atoms with Crippen molar-refractivity contribution in [1.29, 1.82) is 0 Å². The van der Waals surface area contributed by atoms with Gasteiger partial charge in [-0.3, -0.25) is 14.1 Å². The van der Waals surface area contributed by atoms with E-state index in [0.29, 0.717) is 10.6 Å². The third kappa shape index (κ3) is 5.51. The molecule has 1 heterocycles. The van der Waals surface area contributed by atoms with Crippen LogP contribution in [0.3, 0.4) is 0 Å². The zero-order chi connectivity index (χ0) is 23.6. The zero-order valence-corrected chi connectivity index (χ0v) is 19.0. The Hall–Kier alpha value is -2.81. The molecule has 1 aromatic heterocycles. The van der Waals surface area contributed by atoms with Crippen LogP contribution in [-0.4, -0.2) is 23.3 Å². The first kappa shape index (κ1) is 23.8. The molecule has 0 radical (unpaired) electrons. The lowest BCUT2D eigenvalue weighted by atomic mass is 9.82. The van der Waals surface area contributed by atoms with Gasteiger partial charge in [-0.2, -0.15) is 8.42 Å². The van der Waals surface area contributed by atoms with E-state index >= 15 is 0 Å². The summed E-state index contributed by atoms with van der Waals surface area (Å²) in [6.07, 6.45) is 1.30. The molecule has 3 rings (SSSR count). The molecule has 1 atom stereocenters. The third-order valence-corrected chi connectivity index (χ3v) is 6.15. The lowest BCUT2D eigenvalue weighted by molar-refractivity contribution is 0.0976. The molecule has 9 heteroatoms. The van der Waals surface area contributed by atoms with Crippen molar-refractivity contribution < 1.29 is 22.2 Å². The average Bonchev–Trinajstić information content (AvgIpc) is 2.69. The Morgan fingerprint density at radius 2 is 1.88 bits per heavy atom. The molecule has 0 saturated carbocycles. The summed E-state index contributed by atoms with van der Waals surface area (Å²) in [7, 11) is -3.01. The number of carbonyl (C=O) groups excluding carboxylic acids is 1. The Bertz CT molecular complexity index is 1350. The van der Waals surface area contributed by atoms with Gasteiger partial charge in [-0.05, 0) is 47.9 Å². The summed E-state index contributed by atoms with van der Waals surface area (Å²) in [6.45, 7) is 1.78. The first-order valence-corrected chi connectivity index (χ1v) is 11.6. The fourth-order valence-electron chi connectivity index (χ4n) is 3.72. The lowest BCUT2D eigenvalue weighted by Crippen LogP contribution is -2.18. The average molecular weight is 478 g/mol. The molecule has 2 aromatic carbocycles. The molecule has 1 N–H and O–H groups in total. The third-order valence-electron chi connectivity index (χ3n) is 5.26. The highest BCUT2D eigenvalue weighted by atomic mass is 35.5. The van der Waals surface area contributed by atoms with E-state index in [1.54, 1.807) is 25.1 Å². The summed E-state index contributed by atoms with van der Waals surface area (Å²) in [5, 5.41) is 0.479. The van der Waals surface area contributed by atoms with E-state index in [-0.39, 0.29) is 34.5 Å². The summed E-state index contributed by atoms with van der Waals surface area (Å²) in [5.74, 6) is -2.76. The van der Waals surface area contributed by atoms with Crippen LogP contribution in [0.2, 0.25) is 5.02 Å². The predicted octanol–water partition coefficient (Wildman–Crippen LogP) is 4.28. The number of carbonyl (C=O) groups is 1. The number of benzene rings is 2. The number of aromatic nitrogens is 1. The van der Waals surface area contributed by atoms with Crippen LogP contribution in [0.4, 0.5) is 4.39 Å². The van der Waals surface area contributed by atoms with E-state index in [9.17, 15) is 27.0 Å². The van der Waals surface area contributed by atoms with Crippen molar-refractivity contribution in [2.75, 3.05) is 0 Å². The summed E-state index contributed by atoms with van der Waals surface area (Å²) in [6, 6.07) is 11.8. The van der Waals surface area contributed by atoms with Crippen LogP contribution in [0.1, 0.15) is 45.0 Å². The van der Waals surface area contributed by atoms with Crippen LogP contribution in [0.15, 0.2) is 59.5 Å². The van der Waals surface area contributed by atoms with Crippen LogP contribution in [0, 0.1) is 12.7 Å². The highest BCUT2D eigenvalue weighted by Gasteiger charge is 2.26. The van der Waals surface area contributed by atoms with Gasteiger partial charge >= 0.3 is 0 Å². The van der Waals surface area contributed by atoms with Crippen molar-refractivity contribution in [2.24, 2.45) is 7.05 Å². The van der Waals surface area contributed by atoms with Gasteiger partial charge in [-0.15, -0.1) is 0 Å². The highest BCUT2D eigenvalue weighted by molar-refractivity contribution is 7.85. The molecule has 3 aromatic rings. The molecule has 32 heavy (non-hydrogen) atoms. The Balaban J connectivity index is 2.16. The second-order valence-corrected chi connectivity index (χ2v) is 9.47. The SMILES string of the molecule is Cc1cc(Cl)ccc1C(CC(=O)c1ccc(=O)n(C)c1)c1cccc(F)c1CS(=O)(=O)O. The Kier molecular flexibility index (Phi) is 6.97. The smallest absolute Gasteiger partial charge is 0.269 e. The normalized spacial score (nSPS) is 12.5. The zero-order valence-electron chi connectivity index (χ0n) is 17.4. The van der Waals surface area contributed by atoms with Crippen LogP contribution in [0.25, 0.3) is 0 Å². The predicted molar refractivity (Wildman–Crippen MR) is 120 cm³/mol. The molecule has 0 bridgehead atoms. The quantitative estimate of drug-likeness (QED) is 0.405. The van der Waals surface area contributed by atoms with Crippen LogP contribution in [0.5, 0.6) is 0 Å². The van der Waals surface area contributed by atoms with Crippen molar-refractivity contribution in [1.82, 2.24) is 4.57 Å². The maximum absolute atomic E-state index is 14.7. The summed E-state index contributed by atoms with van der Waals surface area (Å²) in [4.78, 5) is 24.8. The molecule has 1 unspecified atom stereocenters. The Labute approximate surface area is 190 Å². The number of nitrogens with zero attached hydrogens (tertiary/aromatic N) is 1. The molecule has 0 aliphatic rings. The van der Waals surface area contributed by atoms with Gasteiger partial charge < -0.3 is 4.57 Å². The van der Waals surface area contributed by atoms with Crippen LogP contribution in [-0.2, 0) is 22.9 Å². The molecule has 0 spiro atoms. The number of hydrogen-bond acceptors (Lipinski definition) is 4. The minimum atomic E-state index is -4.53. The van der Waals surface area contributed by atoms with E-state index in [1.165, 1.54) is 42.1 Å². The fraction of sp³-hybridized carbons (Fsp3) is 0.217. The second-order valence-electron chi connectivity index (χ2n) is 7.58. The first-order valence-electron chi connectivity index (χ1n) is 9.64. The van der Waals surface area contributed by atoms with E-state index in [1.807, 2.05) is 0 Å². The minimum absolute atomic E-state index is 0.122. The fourth-order valence-corrected chi connectivity index (χ4v) is 4.61. The van der Waals surface area contributed by atoms with Gasteiger partial charge in [0.1, 0.15) is 11.6 Å². The molecule has 168 valence electrons. The topological polar surface area (TPSA) is 93.4 Å². The van der Waals surface area contributed by atoms with Gasteiger partial charge in [0.25, 0.3) is 10.1 Å². The van der Waals surface area contributed by atoms with Crippen LogP contribution < -0.4 is 5.56 Å². The van der Waals surface area contributed by atoms with Gasteiger partial charge in [0.2, 0.25) is 5.56 Å². The monoisotopic (exact) mass is 477 g/mol. The van der Waals surface area contributed by atoms with Crippen molar-refractivity contribution in [2.45, 2.75) is 25.0 Å². The lowest BCUT2D eigenvalue weighted by Gasteiger charge is -2.23. The number of ketones is 1. The molecule has 0 amide bonds. The highest BCUT2D eigenvalue weighted by Crippen LogP contribution is 2.36. The standard InChI is InChI=1S/C23H21ClFNO5S/c1-14-10-16(24)7-8-17(14)19(11-22(27)15-6-9-23(28)26(2)12-15)18-4-3-5-21(25)20(18)13-32(29,30)31/h3-10,12,19H,11,13H2,1-2H3,(H,29,30,31). The van der Waals surface area contributed by atoms with Crippen molar-refractivity contribution in [3.63, 3.8) is 0 Å². The number of halogens is 2. The van der Waals surface area contributed by atoms with Gasteiger partial charge in [0, 0.05) is 47.8 Å². The van der Waals surface area contributed by atoms with Gasteiger partial charge in [0.15, 0.2) is 5.78 Å². The van der Waals surface area contributed by atoms with Crippen molar-refractivity contribution >= 4 is 27.5 Å². The minimum Gasteiger partial charge on any atom is -0.318 e. The second kappa shape index (κ2) is 9.36. The van der Waals surface area contributed by atoms with Gasteiger partial charge in [-0.1, -0.05) is 29.8 Å². The largest absolute Gasteiger partial charge is 0.318 e. The van der Waals surface area contributed by atoms with Crippen molar-refractivity contribution in [3.05, 3.63) is 104 Å². The number of hydrogen-bond donors (Lipinski definition) is 1. The van der Waals surface area contributed by atoms with E-state index in [0.717, 1.165) is 11.6 Å². The van der Waals surface area contributed by atoms with E-state index in [4.69, 9.17) is 11.6 Å². The Morgan fingerprint density at radius 1 is 1.16 bits per heavy atom.